The first-order valence-corrected chi connectivity index (χ1v) is 6.45. The quantitative estimate of drug-likeness (QED) is 0.436. The van der Waals surface area contributed by atoms with Crippen molar-refractivity contribution in [3.8, 4) is 0 Å². The predicted molar refractivity (Wildman–Crippen MR) is 72.3 cm³/mol. The molecule has 0 aromatic carbocycles. The van der Waals surface area contributed by atoms with Gasteiger partial charge in [0.15, 0.2) is 6.17 Å². The van der Waals surface area contributed by atoms with E-state index in [1.54, 1.807) is 11.8 Å². The van der Waals surface area contributed by atoms with Gasteiger partial charge in [-0.25, -0.2) is 9.59 Å². The lowest BCUT2D eigenvalue weighted by molar-refractivity contribution is -0.923. The van der Waals surface area contributed by atoms with Crippen LogP contribution in [0.25, 0.3) is 0 Å². The van der Waals surface area contributed by atoms with Crippen molar-refractivity contribution in [2.24, 2.45) is 0 Å². The molecule has 1 heterocycles. The number of carbonyl (C=O) groups is 2. The Morgan fingerprint density at radius 1 is 1.58 bits per heavy atom. The van der Waals surface area contributed by atoms with Gasteiger partial charge < -0.3 is 14.5 Å². The van der Waals surface area contributed by atoms with Crippen molar-refractivity contribution < 1.29 is 18.8 Å². The van der Waals surface area contributed by atoms with Crippen molar-refractivity contribution in [1.82, 2.24) is 10.2 Å². The molecule has 1 fully saturated rings. The van der Waals surface area contributed by atoms with Crippen LogP contribution in [0, 0.1) is 0 Å². The summed E-state index contributed by atoms with van der Waals surface area (Å²) in [5, 5.41) is 2.79. The second kappa shape index (κ2) is 6.06. The molecular weight excluding hydrogens is 246 g/mol. The molecule has 0 aromatic heterocycles. The monoisotopic (exact) mass is 270 g/mol. The summed E-state index contributed by atoms with van der Waals surface area (Å²) in [6, 6.07) is -0.0300. The molecule has 1 N–H and O–H groups in total. The lowest BCUT2D eigenvalue weighted by atomic mass is 10.3. The molecule has 6 nitrogen and oxygen atoms in total. The van der Waals surface area contributed by atoms with Gasteiger partial charge in [0.1, 0.15) is 13.2 Å². The van der Waals surface area contributed by atoms with Gasteiger partial charge in [0.05, 0.1) is 14.1 Å². The first kappa shape index (κ1) is 15.5. The summed E-state index contributed by atoms with van der Waals surface area (Å²) in [7, 11) is 4.04. The molecule has 1 atom stereocenters. The molecule has 0 radical (unpaired) electrons. The lowest BCUT2D eigenvalue weighted by Gasteiger charge is -2.39. The van der Waals surface area contributed by atoms with E-state index >= 15 is 0 Å². The largest absolute Gasteiger partial charge is 0.456 e. The maximum Gasteiger partial charge on any atom is 0.333 e. The van der Waals surface area contributed by atoms with Gasteiger partial charge >= 0.3 is 12.0 Å². The topological polar surface area (TPSA) is 58.6 Å². The summed E-state index contributed by atoms with van der Waals surface area (Å²) < 4.78 is 5.69. The number of hydrogen-bond donors (Lipinski definition) is 1. The molecule has 1 aliphatic heterocycles. The molecule has 0 aromatic rings. The van der Waals surface area contributed by atoms with Crippen LogP contribution in [0.3, 0.4) is 0 Å². The molecular formula is C13H24N3O3+. The Hall–Kier alpha value is -1.56. The molecule has 0 spiro atoms. The third-order valence-electron chi connectivity index (χ3n) is 3.60. The summed E-state index contributed by atoms with van der Waals surface area (Å²) in [6.45, 7) is 9.53. The number of likely N-dealkylation sites (N-methyl/N-ethyl adjacent to an activating group) is 1. The predicted octanol–water partition coefficient (Wildman–Crippen LogP) is 0.553. The average molecular weight is 270 g/mol. The number of carbonyl (C=O) groups excluding carboxylic acids is 2. The van der Waals surface area contributed by atoms with Crippen molar-refractivity contribution in [3.63, 3.8) is 0 Å². The Morgan fingerprint density at radius 2 is 2.21 bits per heavy atom. The van der Waals surface area contributed by atoms with Crippen LogP contribution in [-0.4, -0.2) is 67.9 Å². The Labute approximate surface area is 114 Å². The van der Waals surface area contributed by atoms with Crippen molar-refractivity contribution in [2.45, 2.75) is 20.0 Å². The van der Waals surface area contributed by atoms with Gasteiger partial charge in [-0.15, -0.1) is 0 Å². The number of quaternary nitrogens is 1. The Balaban J connectivity index is 2.48. The molecule has 19 heavy (non-hydrogen) atoms. The van der Waals surface area contributed by atoms with E-state index in [1.807, 2.05) is 21.0 Å². The number of rotatable bonds is 6. The van der Waals surface area contributed by atoms with Crippen molar-refractivity contribution in [1.29, 1.82) is 0 Å². The minimum atomic E-state index is -0.369. The van der Waals surface area contributed by atoms with Gasteiger partial charge in [0.2, 0.25) is 0 Å². The van der Waals surface area contributed by atoms with Gasteiger partial charge in [-0.1, -0.05) is 6.58 Å². The fourth-order valence-electron chi connectivity index (χ4n) is 1.90. The number of ether oxygens (including phenoxy) is 1. The van der Waals surface area contributed by atoms with Gasteiger partial charge in [-0.3, -0.25) is 4.90 Å². The van der Waals surface area contributed by atoms with Crippen molar-refractivity contribution in [2.75, 3.05) is 40.3 Å². The van der Waals surface area contributed by atoms with E-state index in [2.05, 4.69) is 11.9 Å². The molecule has 1 rings (SSSR count). The zero-order valence-electron chi connectivity index (χ0n) is 12.2. The van der Waals surface area contributed by atoms with Crippen molar-refractivity contribution in [3.05, 3.63) is 12.2 Å². The number of nitrogens with zero attached hydrogens (tertiary/aromatic N) is 2. The fraction of sp³-hybridized carbons (Fsp3) is 0.692. The third-order valence-corrected chi connectivity index (χ3v) is 3.60. The molecule has 0 aliphatic carbocycles. The lowest BCUT2D eigenvalue weighted by Crippen LogP contribution is -2.58. The van der Waals surface area contributed by atoms with Crippen LogP contribution in [0.15, 0.2) is 12.2 Å². The minimum absolute atomic E-state index is 0.0300. The fourth-order valence-corrected chi connectivity index (χ4v) is 1.90. The first-order valence-electron chi connectivity index (χ1n) is 6.45. The number of esters is 1. The normalized spacial score (nSPS) is 17.1. The van der Waals surface area contributed by atoms with Crippen molar-refractivity contribution >= 4 is 12.0 Å². The maximum atomic E-state index is 11.6. The second-order valence-electron chi connectivity index (χ2n) is 5.48. The first-order chi connectivity index (χ1) is 8.75. The maximum absolute atomic E-state index is 11.6. The van der Waals surface area contributed by atoms with Gasteiger partial charge in [-0.05, 0) is 6.92 Å². The van der Waals surface area contributed by atoms with E-state index in [0.717, 1.165) is 0 Å². The SMILES string of the molecule is C=C(C)C(=O)OCC[N+](C)(C)C(C)N1CCNC1=O. The van der Waals surface area contributed by atoms with Gasteiger partial charge in [-0.2, -0.15) is 0 Å². The van der Waals surface area contributed by atoms with E-state index in [1.165, 1.54) is 0 Å². The van der Waals surface area contributed by atoms with E-state index in [-0.39, 0.29) is 18.2 Å². The standard InChI is InChI=1S/C13H23N3O3/c1-10(2)12(17)19-9-8-16(4,5)11(3)15-7-6-14-13(15)18/h11H,1,6-9H2,2-5H3/p+1. The number of amides is 2. The Morgan fingerprint density at radius 3 is 2.68 bits per heavy atom. The van der Waals surface area contributed by atoms with Crippen LogP contribution in [0.1, 0.15) is 13.8 Å². The molecule has 2 amide bonds. The summed E-state index contributed by atoms with van der Waals surface area (Å²) in [6.07, 6.45) is 0.0334. The summed E-state index contributed by atoms with van der Waals surface area (Å²) in [5.41, 5.74) is 0.400. The molecule has 0 saturated carbocycles. The highest BCUT2D eigenvalue weighted by Gasteiger charge is 2.35. The van der Waals surface area contributed by atoms with Crippen LogP contribution < -0.4 is 5.32 Å². The van der Waals surface area contributed by atoms with E-state index in [9.17, 15) is 9.59 Å². The van der Waals surface area contributed by atoms with Crippen LogP contribution >= 0.6 is 0 Å². The van der Waals surface area contributed by atoms with E-state index < -0.39 is 0 Å². The summed E-state index contributed by atoms with van der Waals surface area (Å²) >= 11 is 0. The summed E-state index contributed by atoms with van der Waals surface area (Å²) in [5.74, 6) is -0.369. The Bertz CT molecular complexity index is 379. The number of urea groups is 1. The van der Waals surface area contributed by atoms with Crippen LogP contribution in [0.4, 0.5) is 4.79 Å². The summed E-state index contributed by atoms with van der Waals surface area (Å²) in [4.78, 5) is 24.8. The molecule has 1 saturated heterocycles. The molecule has 0 bridgehead atoms. The highest BCUT2D eigenvalue weighted by Crippen LogP contribution is 2.14. The second-order valence-corrected chi connectivity index (χ2v) is 5.48. The molecule has 6 heteroatoms. The minimum Gasteiger partial charge on any atom is -0.456 e. The van der Waals surface area contributed by atoms with Crippen LogP contribution in [-0.2, 0) is 9.53 Å². The molecule has 108 valence electrons. The number of hydrogen-bond acceptors (Lipinski definition) is 3. The van der Waals surface area contributed by atoms with E-state index in [4.69, 9.17) is 4.74 Å². The zero-order valence-corrected chi connectivity index (χ0v) is 12.2. The van der Waals surface area contributed by atoms with Gasteiger partial charge in [0, 0.05) is 25.6 Å². The zero-order chi connectivity index (χ0) is 14.6. The van der Waals surface area contributed by atoms with Gasteiger partial charge in [0.25, 0.3) is 0 Å². The smallest absolute Gasteiger partial charge is 0.333 e. The highest BCUT2D eigenvalue weighted by molar-refractivity contribution is 5.86. The Kier molecular flexibility index (Phi) is 4.94. The third kappa shape index (κ3) is 3.96. The van der Waals surface area contributed by atoms with Crippen LogP contribution in [0.2, 0.25) is 0 Å². The molecule has 1 unspecified atom stereocenters. The van der Waals surface area contributed by atoms with E-state index in [0.29, 0.717) is 36.3 Å². The van der Waals surface area contributed by atoms with Crippen LogP contribution in [0.5, 0.6) is 0 Å². The highest BCUT2D eigenvalue weighted by atomic mass is 16.5. The number of nitrogens with one attached hydrogen (secondary N) is 1. The molecule has 1 aliphatic rings. The average Bonchev–Trinajstić information content (AvgIpc) is 2.73.